The summed E-state index contributed by atoms with van der Waals surface area (Å²) in [7, 11) is -2.70. The molecule has 0 saturated carbocycles. The molecule has 0 aliphatic rings. The second-order valence-corrected chi connectivity index (χ2v) is 7.25. The second kappa shape index (κ2) is 9.15. The van der Waals surface area contributed by atoms with Crippen molar-refractivity contribution in [3.63, 3.8) is 0 Å². The number of sulfonamides is 1. The number of carbonyl (C=O) groups is 2. The lowest BCUT2D eigenvalue weighted by Gasteiger charge is -2.14. The molecule has 1 atom stereocenters. The van der Waals surface area contributed by atoms with Gasteiger partial charge in [0.15, 0.2) is 0 Å². The molecule has 0 aromatic heterocycles. The van der Waals surface area contributed by atoms with Crippen molar-refractivity contribution >= 4 is 22.0 Å². The standard InChI is InChI=1S/C18H19NO7S/c1-25-14-7-9-15(10-8-14)27(23,24)19-16(18(21)22)11-17(20)26-12-13-5-3-2-4-6-13/h2-10,16,19H,11-12H2,1H3,(H,21,22). The molecule has 2 aromatic rings. The van der Waals surface area contributed by atoms with E-state index < -0.39 is 34.4 Å². The molecule has 0 aliphatic heterocycles. The van der Waals surface area contributed by atoms with Crippen molar-refractivity contribution in [1.82, 2.24) is 4.72 Å². The van der Waals surface area contributed by atoms with Crippen LogP contribution in [-0.2, 0) is 31.0 Å². The Balaban J connectivity index is 2.01. The summed E-state index contributed by atoms with van der Waals surface area (Å²) in [5, 5.41) is 9.25. The van der Waals surface area contributed by atoms with Crippen LogP contribution in [0.4, 0.5) is 0 Å². The van der Waals surface area contributed by atoms with Crippen molar-refractivity contribution in [1.29, 1.82) is 0 Å². The predicted molar refractivity (Wildman–Crippen MR) is 95.6 cm³/mol. The van der Waals surface area contributed by atoms with Gasteiger partial charge in [0.05, 0.1) is 18.4 Å². The Hall–Kier alpha value is -2.91. The molecule has 2 rings (SSSR count). The van der Waals surface area contributed by atoms with Gasteiger partial charge in [-0.1, -0.05) is 30.3 Å². The highest BCUT2D eigenvalue weighted by Crippen LogP contribution is 2.16. The fourth-order valence-corrected chi connectivity index (χ4v) is 3.34. The van der Waals surface area contributed by atoms with Crippen LogP contribution in [0.3, 0.4) is 0 Å². The zero-order valence-electron chi connectivity index (χ0n) is 14.5. The molecule has 2 N–H and O–H groups in total. The van der Waals surface area contributed by atoms with E-state index in [4.69, 9.17) is 9.47 Å². The van der Waals surface area contributed by atoms with Gasteiger partial charge in [0, 0.05) is 0 Å². The average molecular weight is 393 g/mol. The van der Waals surface area contributed by atoms with E-state index in [9.17, 15) is 23.1 Å². The Morgan fingerprint density at radius 2 is 1.70 bits per heavy atom. The first-order chi connectivity index (χ1) is 12.8. The highest BCUT2D eigenvalue weighted by Gasteiger charge is 2.28. The molecule has 0 spiro atoms. The molecule has 144 valence electrons. The summed E-state index contributed by atoms with van der Waals surface area (Å²) in [5.74, 6) is -1.86. The molecule has 2 aromatic carbocycles. The van der Waals surface area contributed by atoms with Crippen molar-refractivity contribution in [2.45, 2.75) is 24.0 Å². The molecule has 0 radical (unpaired) electrons. The first-order valence-corrected chi connectivity index (χ1v) is 9.39. The number of benzene rings is 2. The van der Waals surface area contributed by atoms with Crippen LogP contribution < -0.4 is 9.46 Å². The SMILES string of the molecule is COc1ccc(S(=O)(=O)NC(CC(=O)OCc2ccccc2)C(=O)O)cc1. The summed E-state index contributed by atoms with van der Waals surface area (Å²) in [6, 6.07) is 12.6. The third-order valence-electron chi connectivity index (χ3n) is 3.58. The fourth-order valence-electron chi connectivity index (χ4n) is 2.15. The van der Waals surface area contributed by atoms with Crippen molar-refractivity contribution in [3.8, 4) is 5.75 Å². The van der Waals surface area contributed by atoms with Crippen LogP contribution in [0.15, 0.2) is 59.5 Å². The molecule has 1 unspecified atom stereocenters. The number of carbonyl (C=O) groups excluding carboxylic acids is 1. The number of aliphatic carboxylic acids is 1. The predicted octanol–water partition coefficient (Wildman–Crippen LogP) is 1.56. The normalized spacial score (nSPS) is 12.2. The zero-order valence-corrected chi connectivity index (χ0v) is 15.3. The average Bonchev–Trinajstić information content (AvgIpc) is 2.66. The van der Waals surface area contributed by atoms with E-state index in [1.165, 1.54) is 31.4 Å². The minimum absolute atomic E-state index is 0.0305. The van der Waals surface area contributed by atoms with Crippen LogP contribution >= 0.6 is 0 Å². The molecule has 0 bridgehead atoms. The molecule has 0 heterocycles. The summed E-state index contributed by atoms with van der Waals surface area (Å²) < 4.78 is 36.6. The molecule has 0 amide bonds. The quantitative estimate of drug-likeness (QED) is 0.621. The van der Waals surface area contributed by atoms with Gasteiger partial charge >= 0.3 is 11.9 Å². The number of carboxylic acids is 1. The van der Waals surface area contributed by atoms with Gasteiger partial charge in [-0.15, -0.1) is 0 Å². The highest BCUT2D eigenvalue weighted by molar-refractivity contribution is 7.89. The van der Waals surface area contributed by atoms with Crippen molar-refractivity contribution in [2.24, 2.45) is 0 Å². The summed E-state index contributed by atoms with van der Waals surface area (Å²) in [4.78, 5) is 23.1. The number of ether oxygens (including phenoxy) is 2. The molecule has 0 fully saturated rings. The summed E-state index contributed by atoms with van der Waals surface area (Å²) in [5.41, 5.74) is 0.733. The van der Waals surface area contributed by atoms with Crippen LogP contribution in [-0.4, -0.2) is 38.6 Å². The number of carboxylic acid groups (broad SMARTS) is 1. The monoisotopic (exact) mass is 393 g/mol. The summed E-state index contributed by atoms with van der Waals surface area (Å²) in [6.07, 6.45) is -0.641. The lowest BCUT2D eigenvalue weighted by atomic mass is 10.2. The van der Waals surface area contributed by atoms with Crippen LogP contribution in [0.25, 0.3) is 0 Å². The molecular formula is C18H19NO7S. The van der Waals surface area contributed by atoms with Gasteiger partial charge in [-0.3, -0.25) is 9.59 Å². The van der Waals surface area contributed by atoms with Gasteiger partial charge in [0.2, 0.25) is 10.0 Å². The minimum atomic E-state index is -4.14. The van der Waals surface area contributed by atoms with E-state index in [2.05, 4.69) is 0 Å². The fraction of sp³-hybridized carbons (Fsp3) is 0.222. The van der Waals surface area contributed by atoms with Gasteiger partial charge in [0.1, 0.15) is 18.4 Å². The topological polar surface area (TPSA) is 119 Å². The van der Waals surface area contributed by atoms with Crippen molar-refractivity contribution in [2.75, 3.05) is 7.11 Å². The van der Waals surface area contributed by atoms with Gasteiger partial charge in [-0.05, 0) is 29.8 Å². The number of esters is 1. The first kappa shape index (κ1) is 20.4. The third kappa shape index (κ3) is 6.08. The number of hydrogen-bond donors (Lipinski definition) is 2. The van der Waals surface area contributed by atoms with Crippen LogP contribution in [0.5, 0.6) is 5.75 Å². The molecule has 9 heteroatoms. The summed E-state index contributed by atoms with van der Waals surface area (Å²) >= 11 is 0. The van der Waals surface area contributed by atoms with E-state index in [0.717, 1.165) is 5.56 Å². The number of methoxy groups -OCH3 is 1. The first-order valence-electron chi connectivity index (χ1n) is 7.90. The Kier molecular flexibility index (Phi) is 6.91. The maximum atomic E-state index is 12.3. The lowest BCUT2D eigenvalue weighted by molar-refractivity contribution is -0.150. The highest BCUT2D eigenvalue weighted by atomic mass is 32.2. The Morgan fingerprint density at radius 1 is 1.07 bits per heavy atom. The molecule has 27 heavy (non-hydrogen) atoms. The number of nitrogens with one attached hydrogen (secondary N) is 1. The van der Waals surface area contributed by atoms with Crippen LogP contribution in [0, 0.1) is 0 Å². The zero-order chi connectivity index (χ0) is 19.9. The Labute approximate surface area is 156 Å². The smallest absolute Gasteiger partial charge is 0.322 e. The molecule has 0 saturated heterocycles. The van der Waals surface area contributed by atoms with Crippen molar-refractivity contribution in [3.05, 3.63) is 60.2 Å². The van der Waals surface area contributed by atoms with Gasteiger partial charge < -0.3 is 14.6 Å². The van der Waals surface area contributed by atoms with Crippen LogP contribution in [0.1, 0.15) is 12.0 Å². The Morgan fingerprint density at radius 3 is 2.26 bits per heavy atom. The van der Waals surface area contributed by atoms with E-state index in [1.54, 1.807) is 30.3 Å². The molecule has 8 nitrogen and oxygen atoms in total. The van der Waals surface area contributed by atoms with E-state index in [0.29, 0.717) is 5.75 Å². The maximum Gasteiger partial charge on any atom is 0.322 e. The van der Waals surface area contributed by atoms with Gasteiger partial charge in [-0.2, -0.15) is 4.72 Å². The van der Waals surface area contributed by atoms with Crippen LogP contribution in [0.2, 0.25) is 0 Å². The van der Waals surface area contributed by atoms with Gasteiger partial charge in [0.25, 0.3) is 0 Å². The van der Waals surface area contributed by atoms with E-state index in [1.807, 2.05) is 4.72 Å². The maximum absolute atomic E-state index is 12.3. The minimum Gasteiger partial charge on any atom is -0.497 e. The number of hydrogen-bond acceptors (Lipinski definition) is 6. The Bertz CT molecular complexity index is 880. The lowest BCUT2D eigenvalue weighted by Crippen LogP contribution is -2.42. The largest absolute Gasteiger partial charge is 0.497 e. The van der Waals surface area contributed by atoms with E-state index in [-0.39, 0.29) is 11.5 Å². The van der Waals surface area contributed by atoms with Crippen molar-refractivity contribution < 1.29 is 32.6 Å². The summed E-state index contributed by atoms with van der Waals surface area (Å²) in [6.45, 7) is -0.0305. The van der Waals surface area contributed by atoms with Gasteiger partial charge in [-0.25, -0.2) is 8.42 Å². The second-order valence-electron chi connectivity index (χ2n) is 5.54. The molecule has 0 aliphatic carbocycles. The van der Waals surface area contributed by atoms with E-state index >= 15 is 0 Å². The number of rotatable bonds is 9. The molecular weight excluding hydrogens is 374 g/mol. The third-order valence-corrected chi connectivity index (χ3v) is 5.07.